The van der Waals surface area contributed by atoms with Gasteiger partial charge in [-0.25, -0.2) is 4.57 Å². The van der Waals surface area contributed by atoms with Gasteiger partial charge in [0.25, 0.3) is 0 Å². The van der Waals surface area contributed by atoms with E-state index in [4.69, 9.17) is 33.5 Å². The van der Waals surface area contributed by atoms with Gasteiger partial charge < -0.3 is 84.5 Å². The first kappa shape index (κ1) is 32.0. The average molecular weight is 584 g/mol. The average Bonchev–Trinajstić information content (AvgIpc) is 2.86. The van der Waals surface area contributed by atoms with E-state index in [-0.39, 0.29) is 0 Å². The van der Waals surface area contributed by atoms with Gasteiger partial charge in [0, 0.05) is 0 Å². The zero-order chi connectivity index (χ0) is 28.5. The summed E-state index contributed by atoms with van der Waals surface area (Å²) in [4.78, 5) is 18.0. The van der Waals surface area contributed by atoms with Crippen LogP contribution in [0, 0.1) is 0 Å². The van der Waals surface area contributed by atoms with Crippen molar-refractivity contribution in [1.29, 1.82) is 0 Å². The largest absolute Gasteiger partial charge is 0.469 e. The lowest BCUT2D eigenvalue weighted by Gasteiger charge is -2.48. The van der Waals surface area contributed by atoms with Crippen molar-refractivity contribution in [2.75, 3.05) is 19.8 Å². The molecule has 224 valence electrons. The van der Waals surface area contributed by atoms with Crippen LogP contribution in [0.4, 0.5) is 0 Å². The summed E-state index contributed by atoms with van der Waals surface area (Å²) in [5.74, 6) is 0. The minimum Gasteiger partial charge on any atom is -0.394 e. The molecule has 19 nitrogen and oxygen atoms in total. The van der Waals surface area contributed by atoms with Gasteiger partial charge in [0.2, 0.25) is 0 Å². The van der Waals surface area contributed by atoms with Gasteiger partial charge in [0.1, 0.15) is 73.2 Å². The Morgan fingerprint density at radius 3 is 1.71 bits per heavy atom. The zero-order valence-electron chi connectivity index (χ0n) is 19.5. The van der Waals surface area contributed by atoms with Gasteiger partial charge in [-0.3, -0.25) is 4.52 Å². The molecule has 12 N–H and O–H groups in total. The smallest absolute Gasteiger partial charge is 0.394 e. The van der Waals surface area contributed by atoms with Crippen molar-refractivity contribution in [2.45, 2.75) is 92.1 Å². The molecule has 38 heavy (non-hydrogen) atoms. The first-order valence-electron chi connectivity index (χ1n) is 11.3. The van der Waals surface area contributed by atoms with E-state index in [0.717, 1.165) is 0 Å². The fraction of sp³-hybridized carbons (Fsp3) is 1.00. The van der Waals surface area contributed by atoms with Crippen LogP contribution < -0.4 is 0 Å². The molecule has 0 radical (unpaired) electrons. The van der Waals surface area contributed by atoms with E-state index >= 15 is 0 Å². The summed E-state index contributed by atoms with van der Waals surface area (Å²) in [6, 6.07) is 0. The second-order valence-corrected chi connectivity index (χ2v) is 10.2. The van der Waals surface area contributed by atoms with Crippen molar-refractivity contribution >= 4 is 7.82 Å². The minimum atomic E-state index is -5.10. The van der Waals surface area contributed by atoms with E-state index in [1.165, 1.54) is 0 Å². The number of phosphoric acid groups is 1. The summed E-state index contributed by atoms with van der Waals surface area (Å²) in [6.07, 6.45) is -27.4. The first-order chi connectivity index (χ1) is 17.7. The van der Waals surface area contributed by atoms with E-state index < -0.39 is 120 Å². The van der Waals surface area contributed by atoms with Crippen LogP contribution in [0.2, 0.25) is 0 Å². The van der Waals surface area contributed by atoms with Gasteiger partial charge in [0.05, 0.1) is 19.8 Å². The summed E-state index contributed by atoms with van der Waals surface area (Å²) < 4.78 is 41.9. The van der Waals surface area contributed by atoms with E-state index in [1.807, 2.05) is 0 Å². The Morgan fingerprint density at radius 1 is 0.579 bits per heavy atom. The third-order valence-electron chi connectivity index (χ3n) is 6.32. The van der Waals surface area contributed by atoms with Crippen LogP contribution in [-0.2, 0) is 32.8 Å². The lowest BCUT2D eigenvalue weighted by Crippen LogP contribution is -2.66. The minimum absolute atomic E-state index is 0.829. The second-order valence-electron chi connectivity index (χ2n) is 8.94. The van der Waals surface area contributed by atoms with Crippen molar-refractivity contribution in [3.63, 3.8) is 0 Å². The Morgan fingerprint density at radius 2 is 1.13 bits per heavy atom. The third kappa shape index (κ3) is 7.04. The molecular formula is C18H33O19P. The van der Waals surface area contributed by atoms with Crippen LogP contribution in [-0.4, -0.2) is 173 Å². The SMILES string of the molecule is O=P(O)(O)OC[C@H]1O[C@@H](O[C@H]2[C@H](O)[C@H](O)C(O)O[C@@H]2CO)[C@H](O)[C@@H](O[C@@H]2O[C@H](CO)[C@H](O)[C@H](O)[C@H]2O)[C@H]1O. The molecule has 0 amide bonds. The molecule has 3 aliphatic heterocycles. The van der Waals surface area contributed by atoms with Gasteiger partial charge in [-0.2, -0.15) is 0 Å². The molecule has 0 aromatic heterocycles. The van der Waals surface area contributed by atoms with Crippen molar-refractivity contribution in [3.8, 4) is 0 Å². The molecule has 15 atom stereocenters. The highest BCUT2D eigenvalue weighted by molar-refractivity contribution is 7.46. The molecule has 3 aliphatic rings. The Hall–Kier alpha value is -0.490. The monoisotopic (exact) mass is 584 g/mol. The van der Waals surface area contributed by atoms with Crippen LogP contribution in [0.5, 0.6) is 0 Å². The van der Waals surface area contributed by atoms with Gasteiger partial charge >= 0.3 is 7.82 Å². The highest BCUT2D eigenvalue weighted by Gasteiger charge is 2.53. The summed E-state index contributed by atoms with van der Waals surface area (Å²) >= 11 is 0. The van der Waals surface area contributed by atoms with Crippen molar-refractivity contribution in [1.82, 2.24) is 0 Å². The van der Waals surface area contributed by atoms with Crippen LogP contribution in [0.1, 0.15) is 0 Å². The quantitative estimate of drug-likeness (QED) is 0.112. The Labute approximate surface area is 214 Å². The first-order valence-corrected chi connectivity index (χ1v) is 12.9. The summed E-state index contributed by atoms with van der Waals surface area (Å²) in [7, 11) is -5.10. The van der Waals surface area contributed by atoms with Gasteiger partial charge in [-0.15, -0.1) is 0 Å². The molecule has 0 spiro atoms. The Balaban J connectivity index is 1.85. The number of phosphoric ester groups is 1. The maximum atomic E-state index is 11.2. The van der Waals surface area contributed by atoms with Crippen molar-refractivity contribution < 1.29 is 93.6 Å². The molecule has 0 bridgehead atoms. The molecule has 0 aliphatic carbocycles. The molecule has 0 aromatic carbocycles. The van der Waals surface area contributed by atoms with Crippen LogP contribution in [0.3, 0.4) is 0 Å². The van der Waals surface area contributed by atoms with E-state index in [0.29, 0.717) is 0 Å². The highest BCUT2D eigenvalue weighted by atomic mass is 31.2. The van der Waals surface area contributed by atoms with Gasteiger partial charge in [-0.05, 0) is 0 Å². The van der Waals surface area contributed by atoms with E-state index in [1.54, 1.807) is 0 Å². The molecule has 0 aromatic rings. The fourth-order valence-electron chi connectivity index (χ4n) is 4.21. The molecule has 3 saturated heterocycles. The second kappa shape index (κ2) is 13.0. The molecule has 1 unspecified atom stereocenters. The van der Waals surface area contributed by atoms with Gasteiger partial charge in [-0.1, -0.05) is 0 Å². The fourth-order valence-corrected chi connectivity index (χ4v) is 4.55. The molecule has 0 saturated carbocycles. The molecule has 20 heteroatoms. The Kier molecular flexibility index (Phi) is 11.0. The number of ether oxygens (including phenoxy) is 5. The van der Waals surface area contributed by atoms with Crippen LogP contribution in [0.15, 0.2) is 0 Å². The van der Waals surface area contributed by atoms with Gasteiger partial charge in [0.15, 0.2) is 18.9 Å². The van der Waals surface area contributed by atoms with E-state index in [2.05, 4.69) is 4.52 Å². The normalized spacial score (nSPS) is 48.7. The lowest BCUT2D eigenvalue weighted by atomic mass is 9.96. The number of aliphatic hydroxyl groups excluding tert-OH is 10. The number of aliphatic hydroxyl groups is 10. The maximum Gasteiger partial charge on any atom is 0.469 e. The molecule has 3 heterocycles. The zero-order valence-corrected chi connectivity index (χ0v) is 20.3. The van der Waals surface area contributed by atoms with Crippen LogP contribution >= 0.6 is 7.82 Å². The standard InChI is InChI=1S/C18H33O19P/c19-1-4-7(21)9(23)12(26)17(34-4)37-15-8(22)6(3-32-38(29,30)31)35-18(13(15)27)36-14-5(2-20)33-16(28)11(25)10(14)24/h4-28H,1-3H2,(H2,29,30,31)/t4-,5-,6-,7+,8+,9+,10-,11+,12-,13-,14-,15+,16?,17+,18+/m1/s1. The van der Waals surface area contributed by atoms with Crippen LogP contribution in [0.25, 0.3) is 0 Å². The number of rotatable bonds is 9. The highest BCUT2D eigenvalue weighted by Crippen LogP contribution is 2.38. The summed E-state index contributed by atoms with van der Waals surface area (Å²) in [5, 5.41) is 101. The molecular weight excluding hydrogens is 551 g/mol. The number of hydrogen-bond acceptors (Lipinski definition) is 17. The van der Waals surface area contributed by atoms with Crippen molar-refractivity contribution in [2.24, 2.45) is 0 Å². The predicted octanol–water partition coefficient (Wildman–Crippen LogP) is -7.46. The topological polar surface area (TPSA) is 315 Å². The third-order valence-corrected chi connectivity index (χ3v) is 6.80. The Bertz CT molecular complexity index is 796. The summed E-state index contributed by atoms with van der Waals surface area (Å²) in [5.41, 5.74) is 0. The maximum absolute atomic E-state index is 11.2. The summed E-state index contributed by atoms with van der Waals surface area (Å²) in [6.45, 7) is -2.70. The molecule has 3 fully saturated rings. The number of hydrogen-bond donors (Lipinski definition) is 12. The van der Waals surface area contributed by atoms with E-state index in [9.17, 15) is 55.6 Å². The molecule has 3 rings (SSSR count). The predicted molar refractivity (Wildman–Crippen MR) is 112 cm³/mol. The lowest BCUT2D eigenvalue weighted by molar-refractivity contribution is -0.378. The van der Waals surface area contributed by atoms with Crippen molar-refractivity contribution in [3.05, 3.63) is 0 Å².